The van der Waals surface area contributed by atoms with Gasteiger partial charge in [-0.2, -0.15) is 0 Å². The minimum absolute atomic E-state index is 0.674. The predicted molar refractivity (Wildman–Crippen MR) is 88.0 cm³/mol. The third kappa shape index (κ3) is 5.49. The molecule has 0 aliphatic heterocycles. The highest BCUT2D eigenvalue weighted by molar-refractivity contribution is 5.37. The van der Waals surface area contributed by atoms with E-state index in [1.807, 2.05) is 6.20 Å². The Hall–Kier alpha value is -1.09. The lowest BCUT2D eigenvalue weighted by Gasteiger charge is -2.32. The highest BCUT2D eigenvalue weighted by Gasteiger charge is 2.16. The standard InChI is InChI=1S/C17H31N3/c1-6-16(7-2)20(12-14(4)5)13-15-9-10-19-17(11-15)18-8-3/h9-11,14,16H,6-8,12-13H2,1-5H3,(H,18,19). The minimum Gasteiger partial charge on any atom is -0.370 e. The van der Waals surface area contributed by atoms with Crippen molar-refractivity contribution in [1.29, 1.82) is 0 Å². The fourth-order valence-corrected chi connectivity index (χ4v) is 2.70. The molecule has 0 aliphatic rings. The average molecular weight is 277 g/mol. The largest absolute Gasteiger partial charge is 0.370 e. The molecule has 0 bridgehead atoms. The van der Waals surface area contributed by atoms with Crippen molar-refractivity contribution in [2.24, 2.45) is 5.92 Å². The van der Waals surface area contributed by atoms with Crippen LogP contribution in [0.15, 0.2) is 18.3 Å². The summed E-state index contributed by atoms with van der Waals surface area (Å²) in [6.07, 6.45) is 4.34. The highest BCUT2D eigenvalue weighted by Crippen LogP contribution is 2.17. The van der Waals surface area contributed by atoms with Gasteiger partial charge in [0, 0.05) is 31.9 Å². The molecule has 0 saturated carbocycles. The maximum atomic E-state index is 4.35. The first kappa shape index (κ1) is 17.0. The van der Waals surface area contributed by atoms with Crippen molar-refractivity contribution in [3.8, 4) is 0 Å². The van der Waals surface area contributed by atoms with Crippen LogP contribution in [0.2, 0.25) is 0 Å². The van der Waals surface area contributed by atoms with E-state index in [-0.39, 0.29) is 0 Å². The molecule has 0 spiro atoms. The Balaban J connectivity index is 2.79. The molecule has 1 rings (SSSR count). The molecular weight excluding hydrogens is 246 g/mol. The molecule has 0 fully saturated rings. The first-order chi connectivity index (χ1) is 9.60. The highest BCUT2D eigenvalue weighted by atomic mass is 15.2. The van der Waals surface area contributed by atoms with Gasteiger partial charge < -0.3 is 5.32 Å². The van der Waals surface area contributed by atoms with Gasteiger partial charge in [-0.15, -0.1) is 0 Å². The topological polar surface area (TPSA) is 28.2 Å². The second-order valence-corrected chi connectivity index (χ2v) is 5.87. The fourth-order valence-electron chi connectivity index (χ4n) is 2.70. The van der Waals surface area contributed by atoms with Gasteiger partial charge in [0.2, 0.25) is 0 Å². The van der Waals surface area contributed by atoms with Crippen molar-refractivity contribution in [3.63, 3.8) is 0 Å². The van der Waals surface area contributed by atoms with E-state index in [2.05, 4.69) is 62.0 Å². The molecular formula is C17H31N3. The monoisotopic (exact) mass is 277 g/mol. The first-order valence-corrected chi connectivity index (χ1v) is 8.03. The number of nitrogens with one attached hydrogen (secondary N) is 1. The molecule has 0 saturated heterocycles. The SMILES string of the molecule is CCNc1cc(CN(CC(C)C)C(CC)CC)ccn1. The zero-order chi connectivity index (χ0) is 15.0. The van der Waals surface area contributed by atoms with E-state index in [0.717, 1.165) is 25.5 Å². The Labute approximate surface area is 124 Å². The number of hydrogen-bond donors (Lipinski definition) is 1. The first-order valence-electron chi connectivity index (χ1n) is 8.03. The third-order valence-corrected chi connectivity index (χ3v) is 3.63. The number of rotatable bonds is 9. The summed E-state index contributed by atoms with van der Waals surface area (Å²) in [5.41, 5.74) is 1.35. The molecule has 20 heavy (non-hydrogen) atoms. The lowest BCUT2D eigenvalue weighted by atomic mass is 10.1. The van der Waals surface area contributed by atoms with Crippen LogP contribution in [0.3, 0.4) is 0 Å². The second kappa shape index (κ2) is 8.96. The summed E-state index contributed by atoms with van der Waals surface area (Å²) in [6.45, 7) is 14.4. The van der Waals surface area contributed by atoms with E-state index in [0.29, 0.717) is 12.0 Å². The van der Waals surface area contributed by atoms with Crippen molar-refractivity contribution in [1.82, 2.24) is 9.88 Å². The van der Waals surface area contributed by atoms with Gasteiger partial charge in [0.15, 0.2) is 0 Å². The summed E-state index contributed by atoms with van der Waals surface area (Å²) >= 11 is 0. The molecule has 0 unspecified atom stereocenters. The lowest BCUT2D eigenvalue weighted by molar-refractivity contribution is 0.157. The Morgan fingerprint density at radius 1 is 1.20 bits per heavy atom. The van der Waals surface area contributed by atoms with Crippen molar-refractivity contribution >= 4 is 5.82 Å². The smallest absolute Gasteiger partial charge is 0.126 e. The number of pyridine rings is 1. The van der Waals surface area contributed by atoms with Crippen LogP contribution < -0.4 is 5.32 Å². The summed E-state index contributed by atoms with van der Waals surface area (Å²) in [5, 5.41) is 3.29. The summed E-state index contributed by atoms with van der Waals surface area (Å²) in [5.74, 6) is 1.68. The van der Waals surface area contributed by atoms with Gasteiger partial charge >= 0.3 is 0 Å². The van der Waals surface area contributed by atoms with Gasteiger partial charge in [-0.1, -0.05) is 27.7 Å². The van der Waals surface area contributed by atoms with Gasteiger partial charge in [-0.05, 0) is 43.4 Å². The Morgan fingerprint density at radius 2 is 1.90 bits per heavy atom. The van der Waals surface area contributed by atoms with Crippen LogP contribution >= 0.6 is 0 Å². The van der Waals surface area contributed by atoms with Crippen molar-refractivity contribution in [2.75, 3.05) is 18.4 Å². The van der Waals surface area contributed by atoms with Gasteiger partial charge in [0.25, 0.3) is 0 Å². The lowest BCUT2D eigenvalue weighted by Crippen LogP contribution is -2.36. The van der Waals surface area contributed by atoms with Gasteiger partial charge in [-0.25, -0.2) is 4.98 Å². The van der Waals surface area contributed by atoms with E-state index in [9.17, 15) is 0 Å². The van der Waals surface area contributed by atoms with Crippen LogP contribution in [0.25, 0.3) is 0 Å². The van der Waals surface area contributed by atoms with Gasteiger partial charge in [0.05, 0.1) is 0 Å². The van der Waals surface area contributed by atoms with E-state index in [1.54, 1.807) is 0 Å². The normalized spacial score (nSPS) is 11.6. The summed E-state index contributed by atoms with van der Waals surface area (Å²) in [4.78, 5) is 6.97. The predicted octanol–water partition coefficient (Wildman–Crippen LogP) is 4.16. The molecule has 0 atom stereocenters. The van der Waals surface area contributed by atoms with Gasteiger partial charge in [-0.3, -0.25) is 4.90 Å². The van der Waals surface area contributed by atoms with Crippen molar-refractivity contribution in [2.45, 2.75) is 60.0 Å². The molecule has 3 heteroatoms. The van der Waals surface area contributed by atoms with Crippen molar-refractivity contribution < 1.29 is 0 Å². The molecule has 1 aromatic heterocycles. The number of aromatic nitrogens is 1. The second-order valence-electron chi connectivity index (χ2n) is 5.87. The van der Waals surface area contributed by atoms with E-state index >= 15 is 0 Å². The van der Waals surface area contributed by atoms with Crippen molar-refractivity contribution in [3.05, 3.63) is 23.9 Å². The van der Waals surface area contributed by atoms with Crippen LogP contribution in [0, 0.1) is 5.92 Å². The zero-order valence-corrected chi connectivity index (χ0v) is 13.8. The molecule has 0 aliphatic carbocycles. The van der Waals surface area contributed by atoms with Gasteiger partial charge in [0.1, 0.15) is 5.82 Å². The minimum atomic E-state index is 0.674. The summed E-state index contributed by atoms with van der Waals surface area (Å²) in [6, 6.07) is 4.99. The number of hydrogen-bond acceptors (Lipinski definition) is 3. The van der Waals surface area contributed by atoms with Crippen LogP contribution in [-0.2, 0) is 6.54 Å². The van der Waals surface area contributed by atoms with Crippen LogP contribution in [-0.4, -0.2) is 29.0 Å². The molecule has 0 amide bonds. The van der Waals surface area contributed by atoms with E-state index < -0.39 is 0 Å². The summed E-state index contributed by atoms with van der Waals surface area (Å²) in [7, 11) is 0. The third-order valence-electron chi connectivity index (χ3n) is 3.63. The molecule has 1 aromatic rings. The number of anilines is 1. The molecule has 3 nitrogen and oxygen atoms in total. The van der Waals surface area contributed by atoms with Crippen LogP contribution in [0.4, 0.5) is 5.82 Å². The van der Waals surface area contributed by atoms with Crippen LogP contribution in [0.1, 0.15) is 53.0 Å². The van der Waals surface area contributed by atoms with Crippen LogP contribution in [0.5, 0.6) is 0 Å². The Bertz CT molecular complexity index is 372. The zero-order valence-electron chi connectivity index (χ0n) is 13.8. The molecule has 0 radical (unpaired) electrons. The Kier molecular flexibility index (Phi) is 7.60. The molecule has 1 heterocycles. The van der Waals surface area contributed by atoms with E-state index in [4.69, 9.17) is 0 Å². The van der Waals surface area contributed by atoms with E-state index in [1.165, 1.54) is 18.4 Å². The molecule has 114 valence electrons. The Morgan fingerprint density at radius 3 is 2.45 bits per heavy atom. The molecule has 0 aromatic carbocycles. The maximum Gasteiger partial charge on any atom is 0.126 e. The average Bonchev–Trinajstić information content (AvgIpc) is 2.40. The fraction of sp³-hybridized carbons (Fsp3) is 0.706. The maximum absolute atomic E-state index is 4.35. The summed E-state index contributed by atoms with van der Waals surface area (Å²) < 4.78 is 0. The molecule has 1 N–H and O–H groups in total. The quantitative estimate of drug-likeness (QED) is 0.734. The number of nitrogens with zero attached hydrogens (tertiary/aromatic N) is 2.